The molecule has 0 aromatic heterocycles. The molecule has 0 aliphatic rings. The number of halogens is 1. The lowest BCUT2D eigenvalue weighted by Crippen LogP contribution is -2.46. The molecule has 0 amide bonds. The van der Waals surface area contributed by atoms with Crippen LogP contribution in [0.15, 0.2) is 11.6 Å². The molecule has 1 N–H and O–H groups in total. The molecule has 0 spiro atoms. The molecule has 0 radical (unpaired) electrons. The number of hydrogen-bond acceptors (Lipinski definition) is 2. The highest BCUT2D eigenvalue weighted by molar-refractivity contribution is 6.83. The Morgan fingerprint density at radius 3 is 2.00 bits per heavy atom. The van der Waals surface area contributed by atoms with E-state index in [9.17, 15) is 5.11 Å². The van der Waals surface area contributed by atoms with Gasteiger partial charge in [0.15, 0.2) is 8.32 Å². The van der Waals surface area contributed by atoms with E-state index in [1.54, 1.807) is 6.08 Å². The average molecular weight is 333 g/mol. The third kappa shape index (κ3) is 7.10. The number of aliphatic hydroxyl groups is 1. The molecule has 0 rings (SSSR count). The summed E-state index contributed by atoms with van der Waals surface area (Å²) in [7, 11) is -3.48. The molecule has 0 saturated carbocycles. The first kappa shape index (κ1) is 19.9. The molecule has 0 bridgehead atoms. The summed E-state index contributed by atoms with van der Waals surface area (Å²) in [6.45, 7) is 17.2. The van der Waals surface area contributed by atoms with Crippen molar-refractivity contribution < 1.29 is 9.53 Å². The van der Waals surface area contributed by atoms with Crippen LogP contribution in [0.2, 0.25) is 37.8 Å². The molecular formula is C15H29ClO2Si2. The van der Waals surface area contributed by atoms with Crippen molar-refractivity contribution >= 4 is 28.0 Å². The van der Waals surface area contributed by atoms with Crippen molar-refractivity contribution in [2.45, 2.75) is 70.8 Å². The molecule has 20 heavy (non-hydrogen) atoms. The molecule has 2 atom stereocenters. The van der Waals surface area contributed by atoms with Crippen LogP contribution in [0, 0.1) is 11.5 Å². The van der Waals surface area contributed by atoms with Gasteiger partial charge in [-0.15, -0.1) is 5.54 Å². The molecule has 0 aliphatic carbocycles. The molecule has 2 nitrogen and oxygen atoms in total. The molecule has 0 aromatic rings. The van der Waals surface area contributed by atoms with Crippen LogP contribution in [0.4, 0.5) is 0 Å². The molecule has 116 valence electrons. The van der Waals surface area contributed by atoms with E-state index in [1.165, 1.54) is 5.54 Å². The van der Waals surface area contributed by atoms with Crippen LogP contribution in [-0.2, 0) is 4.43 Å². The first-order valence-corrected chi connectivity index (χ1v) is 13.8. The predicted octanol–water partition coefficient (Wildman–Crippen LogP) is 4.37. The second kappa shape index (κ2) is 7.28. The maximum Gasteiger partial charge on any atom is 0.193 e. The first-order chi connectivity index (χ1) is 8.80. The van der Waals surface area contributed by atoms with E-state index in [-0.39, 0.29) is 5.04 Å². The topological polar surface area (TPSA) is 29.5 Å². The zero-order valence-electron chi connectivity index (χ0n) is 14.0. The van der Waals surface area contributed by atoms with Crippen LogP contribution in [0.5, 0.6) is 0 Å². The van der Waals surface area contributed by atoms with Crippen LogP contribution >= 0.6 is 11.6 Å². The van der Waals surface area contributed by atoms with Gasteiger partial charge in [-0.05, 0) is 24.2 Å². The van der Waals surface area contributed by atoms with Crippen molar-refractivity contribution in [2.24, 2.45) is 0 Å². The van der Waals surface area contributed by atoms with Gasteiger partial charge in [0.05, 0.1) is 0 Å². The summed E-state index contributed by atoms with van der Waals surface area (Å²) in [5.41, 5.74) is 4.58. The highest BCUT2D eigenvalue weighted by atomic mass is 35.5. The molecular weight excluding hydrogens is 304 g/mol. The van der Waals surface area contributed by atoms with Crippen LogP contribution < -0.4 is 0 Å². The Balaban J connectivity index is 5.12. The largest absolute Gasteiger partial charge is 0.407 e. The Labute approximate surface area is 131 Å². The van der Waals surface area contributed by atoms with Crippen LogP contribution in [0.1, 0.15) is 20.8 Å². The van der Waals surface area contributed by atoms with Crippen LogP contribution in [0.3, 0.4) is 0 Å². The lowest BCUT2D eigenvalue weighted by Gasteiger charge is -2.39. The summed E-state index contributed by atoms with van der Waals surface area (Å²) in [5, 5.41) is 10.3. The quantitative estimate of drug-likeness (QED) is 0.611. The van der Waals surface area contributed by atoms with Gasteiger partial charge in [-0.1, -0.05) is 57.9 Å². The number of aliphatic hydroxyl groups excluding tert-OH is 1. The summed E-state index contributed by atoms with van der Waals surface area (Å²) in [4.78, 5) is 0. The Morgan fingerprint density at radius 2 is 1.65 bits per heavy atom. The van der Waals surface area contributed by atoms with Gasteiger partial charge >= 0.3 is 0 Å². The Bertz CT molecular complexity index is 395. The fourth-order valence-corrected chi connectivity index (χ4v) is 3.14. The molecule has 0 aliphatic heterocycles. The highest BCUT2D eigenvalue weighted by Crippen LogP contribution is 2.37. The SMILES string of the molecule is CC(C)(C)[Si](C)(C)O[C@@H](/C=C/Cl)[C@@H](O)C#C[Si](C)(C)C. The van der Waals surface area contributed by atoms with Gasteiger partial charge in [-0.25, -0.2) is 0 Å². The minimum atomic E-state index is -1.97. The van der Waals surface area contributed by atoms with Crippen molar-refractivity contribution in [3.63, 3.8) is 0 Å². The number of hydrogen-bond donors (Lipinski definition) is 1. The zero-order chi connectivity index (χ0) is 16.2. The fourth-order valence-electron chi connectivity index (χ4n) is 1.17. The average Bonchev–Trinajstić information content (AvgIpc) is 2.22. The van der Waals surface area contributed by atoms with Gasteiger partial charge in [-0.2, -0.15) is 0 Å². The Kier molecular flexibility index (Phi) is 7.26. The smallest absolute Gasteiger partial charge is 0.193 e. The number of rotatable bonds is 4. The molecule has 0 saturated heterocycles. The molecule has 5 heteroatoms. The molecule has 0 heterocycles. The lowest BCUT2D eigenvalue weighted by molar-refractivity contribution is 0.0937. The fraction of sp³-hybridized carbons (Fsp3) is 0.733. The van der Waals surface area contributed by atoms with Crippen molar-refractivity contribution in [1.29, 1.82) is 0 Å². The van der Waals surface area contributed by atoms with E-state index in [2.05, 4.69) is 65.0 Å². The molecule has 0 unspecified atom stereocenters. The highest BCUT2D eigenvalue weighted by Gasteiger charge is 2.39. The monoisotopic (exact) mass is 332 g/mol. The third-order valence-corrected chi connectivity index (χ3v) is 8.92. The Hall–Kier alpha value is -0.0562. The lowest BCUT2D eigenvalue weighted by atomic mass is 10.2. The van der Waals surface area contributed by atoms with Gasteiger partial charge < -0.3 is 9.53 Å². The summed E-state index contributed by atoms with van der Waals surface area (Å²) in [6.07, 6.45) is 0.397. The van der Waals surface area contributed by atoms with E-state index in [1.807, 2.05) is 0 Å². The normalized spacial score (nSPS) is 16.7. The second-order valence-electron chi connectivity index (χ2n) is 7.63. The van der Waals surface area contributed by atoms with E-state index < -0.39 is 28.6 Å². The van der Waals surface area contributed by atoms with Crippen molar-refractivity contribution in [1.82, 2.24) is 0 Å². The van der Waals surface area contributed by atoms with E-state index in [0.717, 1.165) is 0 Å². The molecule has 0 fully saturated rings. The minimum Gasteiger partial charge on any atom is -0.407 e. The second-order valence-corrected chi connectivity index (χ2v) is 17.4. The van der Waals surface area contributed by atoms with Gasteiger partial charge in [0, 0.05) is 5.54 Å². The first-order valence-electron chi connectivity index (χ1n) is 6.95. The van der Waals surface area contributed by atoms with Gasteiger partial charge in [0.2, 0.25) is 0 Å². The van der Waals surface area contributed by atoms with Gasteiger partial charge in [-0.3, -0.25) is 0 Å². The van der Waals surface area contributed by atoms with E-state index in [0.29, 0.717) is 0 Å². The maximum absolute atomic E-state index is 10.3. The standard InChI is InChI=1S/C15H29ClO2Si2/c1-15(2,3)20(7,8)18-14(9-11-16)13(17)10-12-19(4,5)6/h9,11,13-14,17H,1-8H3/b11-9+/t13-,14-/m0/s1. The van der Waals surface area contributed by atoms with Crippen molar-refractivity contribution in [2.75, 3.05) is 0 Å². The summed E-state index contributed by atoms with van der Waals surface area (Å²) >= 11 is 5.68. The van der Waals surface area contributed by atoms with Gasteiger partial charge in [0.25, 0.3) is 0 Å². The van der Waals surface area contributed by atoms with Gasteiger partial charge in [0.1, 0.15) is 20.3 Å². The summed E-state index contributed by atoms with van der Waals surface area (Å²) in [6, 6.07) is 0. The summed E-state index contributed by atoms with van der Waals surface area (Å²) < 4.78 is 6.20. The van der Waals surface area contributed by atoms with E-state index in [4.69, 9.17) is 16.0 Å². The van der Waals surface area contributed by atoms with Crippen molar-refractivity contribution in [3.05, 3.63) is 11.6 Å². The molecule has 0 aromatic carbocycles. The third-order valence-electron chi connectivity index (χ3n) is 3.41. The minimum absolute atomic E-state index is 0.0807. The Morgan fingerprint density at radius 1 is 1.15 bits per heavy atom. The van der Waals surface area contributed by atoms with Crippen molar-refractivity contribution in [3.8, 4) is 11.5 Å². The zero-order valence-corrected chi connectivity index (χ0v) is 16.8. The van der Waals surface area contributed by atoms with E-state index >= 15 is 0 Å². The summed E-state index contributed by atoms with van der Waals surface area (Å²) in [5.74, 6) is 2.94. The maximum atomic E-state index is 10.3. The van der Waals surface area contributed by atoms with Crippen LogP contribution in [-0.4, -0.2) is 33.7 Å². The predicted molar refractivity (Wildman–Crippen MR) is 94.2 cm³/mol. The van der Waals surface area contributed by atoms with Crippen LogP contribution in [0.25, 0.3) is 0 Å².